The van der Waals surface area contributed by atoms with Gasteiger partial charge in [0, 0.05) is 12.0 Å². The van der Waals surface area contributed by atoms with Gasteiger partial charge in [0.25, 0.3) is 0 Å². The molecule has 0 bridgehead atoms. The minimum Gasteiger partial charge on any atom is -0.307 e. The van der Waals surface area contributed by atoms with Crippen molar-refractivity contribution in [2.24, 2.45) is 10.8 Å². The molecule has 0 saturated heterocycles. The Morgan fingerprint density at radius 1 is 1.50 bits per heavy atom. The van der Waals surface area contributed by atoms with E-state index < -0.39 is 0 Å². The number of hydrogen-bond acceptors (Lipinski definition) is 5. The lowest BCUT2D eigenvalue weighted by Crippen LogP contribution is -2.32. The van der Waals surface area contributed by atoms with Gasteiger partial charge in [-0.25, -0.2) is 5.84 Å². The van der Waals surface area contributed by atoms with Crippen LogP contribution in [0.5, 0.6) is 0 Å². The smallest absolute Gasteiger partial charge is 0.156 e. The molecule has 0 radical (unpaired) electrons. The predicted octanol–water partition coefficient (Wildman–Crippen LogP) is 1.46. The molecule has 0 aliphatic rings. The normalized spacial score (nSPS) is 12.9. The summed E-state index contributed by atoms with van der Waals surface area (Å²) < 4.78 is 3.98. The fourth-order valence-electron chi connectivity index (χ4n) is 1.24. The molecule has 6 heteroatoms. The maximum atomic E-state index is 5.49. The molecule has 0 fully saturated rings. The molecule has 90 valence electrons. The van der Waals surface area contributed by atoms with E-state index in [1.54, 1.807) is 0 Å². The third kappa shape index (κ3) is 2.99. The molecule has 5 nitrogen and oxygen atoms in total. The highest BCUT2D eigenvalue weighted by molar-refractivity contribution is 7.08. The van der Waals surface area contributed by atoms with Gasteiger partial charge in [0.1, 0.15) is 4.88 Å². The van der Waals surface area contributed by atoms with Gasteiger partial charge in [0.15, 0.2) is 5.84 Å². The highest BCUT2D eigenvalue weighted by Crippen LogP contribution is 2.25. The Morgan fingerprint density at radius 2 is 2.19 bits per heavy atom. The highest BCUT2D eigenvalue weighted by Gasteiger charge is 2.24. The van der Waals surface area contributed by atoms with Crippen molar-refractivity contribution >= 4 is 17.4 Å². The van der Waals surface area contributed by atoms with E-state index in [1.165, 1.54) is 11.5 Å². The zero-order valence-corrected chi connectivity index (χ0v) is 11.1. The number of hydrogen-bond donors (Lipinski definition) is 2. The first-order valence-electron chi connectivity index (χ1n) is 5.35. The molecule has 1 aromatic heterocycles. The van der Waals surface area contributed by atoms with Gasteiger partial charge in [-0.05, 0) is 18.0 Å². The molecule has 0 aliphatic carbocycles. The van der Waals surface area contributed by atoms with Crippen molar-refractivity contribution in [3.8, 4) is 0 Å². The van der Waals surface area contributed by atoms with E-state index in [4.69, 9.17) is 5.84 Å². The van der Waals surface area contributed by atoms with E-state index in [1.807, 2.05) is 0 Å². The Bertz CT molecular complexity index is 364. The van der Waals surface area contributed by atoms with E-state index in [-0.39, 0.29) is 5.41 Å². The van der Waals surface area contributed by atoms with Crippen LogP contribution in [0.3, 0.4) is 0 Å². The third-order valence-corrected chi connectivity index (χ3v) is 2.78. The molecular formula is C10H19N5S. The Hall–Kier alpha value is -1.01. The van der Waals surface area contributed by atoms with E-state index >= 15 is 0 Å². The number of amidine groups is 1. The van der Waals surface area contributed by atoms with Crippen molar-refractivity contribution in [1.29, 1.82) is 0 Å². The summed E-state index contributed by atoms with van der Waals surface area (Å²) in [6.45, 7) is 9.12. The summed E-state index contributed by atoms with van der Waals surface area (Å²) >= 11 is 1.33. The maximum Gasteiger partial charge on any atom is 0.156 e. The highest BCUT2D eigenvalue weighted by atomic mass is 32.1. The van der Waals surface area contributed by atoms with E-state index in [0.29, 0.717) is 5.84 Å². The number of nitrogens with one attached hydrogen (secondary N) is 1. The Labute approximate surface area is 100 Å². The van der Waals surface area contributed by atoms with Crippen LogP contribution in [-0.4, -0.2) is 22.0 Å². The summed E-state index contributed by atoms with van der Waals surface area (Å²) in [5, 5.41) is 4.16. The molecule has 1 aromatic rings. The van der Waals surface area contributed by atoms with Crippen LogP contribution in [0.15, 0.2) is 4.99 Å². The summed E-state index contributed by atoms with van der Waals surface area (Å²) in [7, 11) is 0. The van der Waals surface area contributed by atoms with Gasteiger partial charge in [-0.15, -0.1) is 5.10 Å². The molecular weight excluding hydrogens is 222 g/mol. The topological polar surface area (TPSA) is 76.2 Å². The summed E-state index contributed by atoms with van der Waals surface area (Å²) in [4.78, 5) is 5.32. The molecule has 0 atom stereocenters. The summed E-state index contributed by atoms with van der Waals surface area (Å²) in [5.41, 5.74) is 3.52. The SMILES string of the molecule is CCCN=C(NN)c1snnc1C(C)(C)C. The van der Waals surface area contributed by atoms with Crippen LogP contribution in [0, 0.1) is 0 Å². The van der Waals surface area contributed by atoms with Crippen LogP contribution in [-0.2, 0) is 5.41 Å². The zero-order valence-electron chi connectivity index (χ0n) is 10.2. The fourth-order valence-corrected chi connectivity index (χ4v) is 2.09. The second kappa shape index (κ2) is 5.36. The lowest BCUT2D eigenvalue weighted by Gasteiger charge is -2.16. The molecule has 3 N–H and O–H groups in total. The van der Waals surface area contributed by atoms with E-state index in [0.717, 1.165) is 23.5 Å². The monoisotopic (exact) mass is 241 g/mol. The first-order valence-corrected chi connectivity index (χ1v) is 6.12. The van der Waals surface area contributed by atoms with Gasteiger partial charge >= 0.3 is 0 Å². The average Bonchev–Trinajstić information content (AvgIpc) is 2.67. The van der Waals surface area contributed by atoms with Crippen molar-refractivity contribution in [1.82, 2.24) is 15.0 Å². The fraction of sp³-hybridized carbons (Fsp3) is 0.700. The molecule has 0 aliphatic heterocycles. The van der Waals surface area contributed by atoms with Gasteiger partial charge in [-0.1, -0.05) is 32.2 Å². The lowest BCUT2D eigenvalue weighted by molar-refractivity contribution is 0.565. The van der Waals surface area contributed by atoms with Gasteiger partial charge in [-0.3, -0.25) is 4.99 Å². The van der Waals surface area contributed by atoms with Crippen molar-refractivity contribution in [2.75, 3.05) is 6.54 Å². The standard InChI is InChI=1S/C10H19N5S/c1-5-6-12-9(13-11)7-8(10(2,3)4)14-15-16-7/h5-6,11H2,1-4H3,(H,12,13). The minimum absolute atomic E-state index is 0.0494. The largest absolute Gasteiger partial charge is 0.307 e. The van der Waals surface area contributed by atoms with E-state index in [2.05, 4.69) is 47.7 Å². The lowest BCUT2D eigenvalue weighted by atomic mass is 9.91. The zero-order chi connectivity index (χ0) is 12.2. The van der Waals surface area contributed by atoms with Gasteiger partial charge in [0.05, 0.1) is 5.69 Å². The number of nitrogens with zero attached hydrogens (tertiary/aromatic N) is 3. The van der Waals surface area contributed by atoms with E-state index in [9.17, 15) is 0 Å². The molecule has 1 heterocycles. The number of aromatic nitrogens is 2. The molecule has 16 heavy (non-hydrogen) atoms. The number of aliphatic imine (C=N–C) groups is 1. The average molecular weight is 241 g/mol. The van der Waals surface area contributed by atoms with Crippen LogP contribution in [0.25, 0.3) is 0 Å². The quantitative estimate of drug-likeness (QED) is 0.363. The second-order valence-electron chi connectivity index (χ2n) is 4.58. The molecule has 0 amide bonds. The van der Waals surface area contributed by atoms with Crippen molar-refractivity contribution < 1.29 is 0 Å². The van der Waals surface area contributed by atoms with Gasteiger partial charge in [-0.2, -0.15) is 0 Å². The third-order valence-electron chi connectivity index (χ3n) is 2.04. The van der Waals surface area contributed by atoms with Crippen molar-refractivity contribution in [3.05, 3.63) is 10.6 Å². The summed E-state index contributed by atoms with van der Waals surface area (Å²) in [6, 6.07) is 0. The molecule has 0 saturated carbocycles. The van der Waals surface area contributed by atoms with Crippen LogP contribution in [0.1, 0.15) is 44.7 Å². The minimum atomic E-state index is -0.0494. The Kier molecular flexibility index (Phi) is 4.37. The van der Waals surface area contributed by atoms with Crippen LogP contribution in [0.2, 0.25) is 0 Å². The second-order valence-corrected chi connectivity index (χ2v) is 5.33. The van der Waals surface area contributed by atoms with Crippen LogP contribution >= 0.6 is 11.5 Å². The molecule has 0 unspecified atom stereocenters. The first kappa shape index (κ1) is 13.1. The number of nitrogens with two attached hydrogens (primary N) is 1. The van der Waals surface area contributed by atoms with Crippen LogP contribution < -0.4 is 11.3 Å². The summed E-state index contributed by atoms with van der Waals surface area (Å²) in [5.74, 6) is 6.17. The number of rotatable bonds is 3. The first-order chi connectivity index (χ1) is 7.50. The van der Waals surface area contributed by atoms with Crippen LogP contribution in [0.4, 0.5) is 0 Å². The number of hydrazine groups is 1. The molecule has 0 spiro atoms. The summed E-state index contributed by atoms with van der Waals surface area (Å²) in [6.07, 6.45) is 0.988. The molecule has 0 aromatic carbocycles. The van der Waals surface area contributed by atoms with Crippen molar-refractivity contribution in [2.45, 2.75) is 39.5 Å². The predicted molar refractivity (Wildman–Crippen MR) is 67.6 cm³/mol. The van der Waals surface area contributed by atoms with Crippen molar-refractivity contribution in [3.63, 3.8) is 0 Å². The molecule has 1 rings (SSSR count). The maximum absolute atomic E-state index is 5.49. The van der Waals surface area contributed by atoms with Gasteiger partial charge < -0.3 is 5.43 Å². The Morgan fingerprint density at radius 3 is 2.69 bits per heavy atom. The van der Waals surface area contributed by atoms with Gasteiger partial charge in [0.2, 0.25) is 0 Å². The Balaban J connectivity index is 3.07.